The largest absolute Gasteiger partial charge is 0.491 e. The fourth-order valence-electron chi connectivity index (χ4n) is 2.78. The van der Waals surface area contributed by atoms with Crippen molar-refractivity contribution in [2.75, 3.05) is 13.7 Å². The van der Waals surface area contributed by atoms with E-state index in [1.807, 2.05) is 37.3 Å². The molecule has 0 saturated carbocycles. The van der Waals surface area contributed by atoms with Crippen molar-refractivity contribution in [3.63, 3.8) is 0 Å². The third kappa shape index (κ3) is 4.06. The predicted octanol–water partition coefficient (Wildman–Crippen LogP) is 3.84. The smallest absolute Gasteiger partial charge is 0.329 e. The van der Waals surface area contributed by atoms with E-state index in [4.69, 9.17) is 21.1 Å². The molecule has 2 aromatic rings. The van der Waals surface area contributed by atoms with Gasteiger partial charge < -0.3 is 14.8 Å². The van der Waals surface area contributed by atoms with Crippen LogP contribution in [0.2, 0.25) is 5.02 Å². The number of hydrogen-bond acceptors (Lipinski definition) is 4. The Morgan fingerprint density at radius 2 is 1.93 bits per heavy atom. The molecule has 6 nitrogen and oxygen atoms in total. The second kappa shape index (κ2) is 8.14. The zero-order valence-electron chi connectivity index (χ0n) is 15.0. The van der Waals surface area contributed by atoms with Gasteiger partial charge in [-0.25, -0.2) is 4.79 Å². The molecular weight excluding hydrogens is 368 g/mol. The second-order valence-corrected chi connectivity index (χ2v) is 6.24. The highest BCUT2D eigenvalue weighted by molar-refractivity contribution is 6.32. The number of hydrogen-bond donors (Lipinski definition) is 1. The maximum absolute atomic E-state index is 12.6. The summed E-state index contributed by atoms with van der Waals surface area (Å²) >= 11 is 6.24. The molecule has 3 amide bonds. The summed E-state index contributed by atoms with van der Waals surface area (Å²) in [5, 5.41) is 2.96. The lowest BCUT2D eigenvalue weighted by molar-refractivity contribution is -0.123. The van der Waals surface area contributed by atoms with Crippen LogP contribution in [0.5, 0.6) is 11.5 Å². The van der Waals surface area contributed by atoms with E-state index in [-0.39, 0.29) is 12.2 Å². The van der Waals surface area contributed by atoms with Crippen molar-refractivity contribution in [2.45, 2.75) is 13.5 Å². The van der Waals surface area contributed by atoms with E-state index in [0.717, 1.165) is 10.5 Å². The molecule has 7 heteroatoms. The van der Waals surface area contributed by atoms with Crippen LogP contribution in [-0.2, 0) is 11.3 Å². The first-order valence-corrected chi connectivity index (χ1v) is 8.80. The van der Waals surface area contributed by atoms with Crippen molar-refractivity contribution in [3.8, 4) is 11.5 Å². The van der Waals surface area contributed by atoms with Crippen LogP contribution in [0, 0.1) is 0 Å². The van der Waals surface area contributed by atoms with E-state index in [0.29, 0.717) is 28.7 Å². The number of urea groups is 1. The highest BCUT2D eigenvalue weighted by Crippen LogP contribution is 2.37. The summed E-state index contributed by atoms with van der Waals surface area (Å²) in [6, 6.07) is 12.2. The Balaban J connectivity index is 1.87. The van der Waals surface area contributed by atoms with Gasteiger partial charge in [0, 0.05) is 0 Å². The first kappa shape index (κ1) is 18.8. The summed E-state index contributed by atoms with van der Waals surface area (Å²) in [7, 11) is 1.50. The Morgan fingerprint density at radius 1 is 1.19 bits per heavy atom. The number of ether oxygens (including phenoxy) is 2. The minimum absolute atomic E-state index is 0.180. The van der Waals surface area contributed by atoms with Crippen LogP contribution in [0.15, 0.2) is 48.2 Å². The molecule has 1 aliphatic heterocycles. The van der Waals surface area contributed by atoms with E-state index in [9.17, 15) is 9.59 Å². The Labute approximate surface area is 162 Å². The molecule has 0 unspecified atom stereocenters. The molecule has 2 aromatic carbocycles. The van der Waals surface area contributed by atoms with Crippen LogP contribution in [0.25, 0.3) is 6.08 Å². The Bertz CT molecular complexity index is 896. The van der Waals surface area contributed by atoms with Crippen molar-refractivity contribution in [1.29, 1.82) is 0 Å². The molecule has 3 rings (SSSR count). The van der Waals surface area contributed by atoms with Gasteiger partial charge in [0.05, 0.1) is 25.3 Å². The molecule has 1 saturated heterocycles. The SMILES string of the molecule is CCOc1cc(/C=C2/NC(=O)N(Cc3ccccc3)C2=O)cc(Cl)c1OC. The van der Waals surface area contributed by atoms with Crippen molar-refractivity contribution in [2.24, 2.45) is 0 Å². The lowest BCUT2D eigenvalue weighted by Gasteiger charge is -2.12. The number of imide groups is 1. The lowest BCUT2D eigenvalue weighted by Crippen LogP contribution is -2.30. The van der Waals surface area contributed by atoms with E-state index in [2.05, 4.69) is 5.32 Å². The zero-order valence-corrected chi connectivity index (χ0v) is 15.7. The van der Waals surface area contributed by atoms with Gasteiger partial charge in [0.25, 0.3) is 5.91 Å². The molecule has 1 heterocycles. The van der Waals surface area contributed by atoms with Gasteiger partial charge in [-0.05, 0) is 36.3 Å². The standard InChI is InChI=1S/C20H19ClN2O4/c1-3-27-17-11-14(9-15(21)18(17)26-2)10-16-19(24)23(20(25)22-16)12-13-7-5-4-6-8-13/h4-11H,3,12H2,1-2H3,(H,22,25)/b16-10+. The van der Waals surface area contributed by atoms with Crippen LogP contribution in [0.3, 0.4) is 0 Å². The van der Waals surface area contributed by atoms with Crippen LogP contribution in [-0.4, -0.2) is 30.6 Å². The minimum Gasteiger partial charge on any atom is -0.491 e. The van der Waals surface area contributed by atoms with Crippen molar-refractivity contribution < 1.29 is 19.1 Å². The predicted molar refractivity (Wildman–Crippen MR) is 103 cm³/mol. The number of benzene rings is 2. The highest BCUT2D eigenvalue weighted by atomic mass is 35.5. The number of methoxy groups -OCH3 is 1. The van der Waals surface area contributed by atoms with Crippen molar-refractivity contribution in [3.05, 3.63) is 64.3 Å². The molecule has 0 spiro atoms. The second-order valence-electron chi connectivity index (χ2n) is 5.83. The first-order chi connectivity index (χ1) is 13.0. The van der Waals surface area contributed by atoms with Crippen LogP contribution in [0.4, 0.5) is 4.79 Å². The molecule has 0 atom stereocenters. The summed E-state index contributed by atoms with van der Waals surface area (Å²) in [6.07, 6.45) is 1.57. The van der Waals surface area contributed by atoms with Gasteiger partial charge in [0.15, 0.2) is 11.5 Å². The van der Waals surface area contributed by atoms with Gasteiger partial charge in [-0.1, -0.05) is 41.9 Å². The number of carbonyl (C=O) groups excluding carboxylic acids is 2. The van der Waals surface area contributed by atoms with Gasteiger partial charge >= 0.3 is 6.03 Å². The molecular formula is C20H19ClN2O4. The highest BCUT2D eigenvalue weighted by Gasteiger charge is 2.33. The third-order valence-electron chi connectivity index (χ3n) is 3.99. The molecule has 27 heavy (non-hydrogen) atoms. The Hall–Kier alpha value is -2.99. The molecule has 0 aromatic heterocycles. The van der Waals surface area contributed by atoms with Crippen LogP contribution >= 0.6 is 11.6 Å². The third-order valence-corrected chi connectivity index (χ3v) is 4.27. The average Bonchev–Trinajstić information content (AvgIpc) is 2.90. The Kier molecular flexibility index (Phi) is 5.66. The van der Waals surface area contributed by atoms with Crippen molar-refractivity contribution in [1.82, 2.24) is 10.2 Å². The lowest BCUT2D eigenvalue weighted by atomic mass is 10.1. The van der Waals surface area contributed by atoms with Crippen LogP contribution in [0.1, 0.15) is 18.1 Å². The number of halogens is 1. The molecule has 1 N–H and O–H groups in total. The van der Waals surface area contributed by atoms with Crippen molar-refractivity contribution >= 4 is 29.6 Å². The zero-order chi connectivity index (χ0) is 19.4. The maximum Gasteiger partial charge on any atom is 0.329 e. The molecule has 0 bridgehead atoms. The quantitative estimate of drug-likeness (QED) is 0.605. The molecule has 0 aliphatic carbocycles. The van der Waals surface area contributed by atoms with Gasteiger partial charge in [-0.3, -0.25) is 9.69 Å². The van der Waals surface area contributed by atoms with Gasteiger partial charge in [-0.15, -0.1) is 0 Å². The summed E-state index contributed by atoms with van der Waals surface area (Å²) in [5.74, 6) is 0.499. The fraction of sp³-hybridized carbons (Fsp3) is 0.200. The molecule has 1 fully saturated rings. The number of nitrogens with zero attached hydrogens (tertiary/aromatic N) is 1. The summed E-state index contributed by atoms with van der Waals surface area (Å²) in [4.78, 5) is 26.0. The summed E-state index contributed by atoms with van der Waals surface area (Å²) < 4.78 is 10.8. The number of rotatable bonds is 6. The van der Waals surface area contributed by atoms with E-state index in [1.54, 1.807) is 18.2 Å². The monoisotopic (exact) mass is 386 g/mol. The van der Waals surface area contributed by atoms with Crippen LogP contribution < -0.4 is 14.8 Å². The van der Waals surface area contributed by atoms with Gasteiger partial charge in [-0.2, -0.15) is 0 Å². The average molecular weight is 387 g/mol. The summed E-state index contributed by atoms with van der Waals surface area (Å²) in [5.41, 5.74) is 1.67. The molecule has 140 valence electrons. The maximum atomic E-state index is 12.6. The number of amides is 3. The Morgan fingerprint density at radius 3 is 2.59 bits per heavy atom. The van der Waals surface area contributed by atoms with E-state index < -0.39 is 11.9 Å². The van der Waals surface area contributed by atoms with E-state index >= 15 is 0 Å². The molecule has 1 aliphatic rings. The molecule has 0 radical (unpaired) electrons. The topological polar surface area (TPSA) is 67.9 Å². The summed E-state index contributed by atoms with van der Waals surface area (Å²) in [6.45, 7) is 2.49. The van der Waals surface area contributed by atoms with Gasteiger partial charge in [0.1, 0.15) is 5.70 Å². The fourth-order valence-corrected chi connectivity index (χ4v) is 3.08. The number of nitrogens with one attached hydrogen (secondary N) is 1. The normalized spacial score (nSPS) is 15.2. The number of carbonyl (C=O) groups is 2. The van der Waals surface area contributed by atoms with E-state index in [1.165, 1.54) is 7.11 Å². The van der Waals surface area contributed by atoms with Gasteiger partial charge in [0.2, 0.25) is 0 Å². The first-order valence-electron chi connectivity index (χ1n) is 8.42. The minimum atomic E-state index is -0.459.